The number of alkyl carbamates (subject to hydrolysis) is 2. The summed E-state index contributed by atoms with van der Waals surface area (Å²) in [6.45, 7) is 22.3. The van der Waals surface area contributed by atoms with Crippen LogP contribution in [-0.4, -0.2) is 87.3 Å². The van der Waals surface area contributed by atoms with Gasteiger partial charge in [0, 0.05) is 32.0 Å². The maximum absolute atomic E-state index is 13.5. The van der Waals surface area contributed by atoms with Crippen LogP contribution in [0, 0.1) is 5.92 Å². The largest absolute Gasteiger partial charge is 0.460 e. The number of nitrogens with zero attached hydrogens (tertiary/aromatic N) is 3. The second kappa shape index (κ2) is 18.6. The molecular formula is C36H62N6O10. The number of unbranched alkanes of at least 4 members (excludes halogenated alkanes) is 1. The maximum atomic E-state index is 13.5. The van der Waals surface area contributed by atoms with Crippen molar-refractivity contribution in [3.8, 4) is 0 Å². The quantitative estimate of drug-likeness (QED) is 0.117. The zero-order chi connectivity index (χ0) is 39.5. The first-order chi connectivity index (χ1) is 23.8. The van der Waals surface area contributed by atoms with Crippen LogP contribution < -0.4 is 16.0 Å². The fourth-order valence-corrected chi connectivity index (χ4v) is 5.07. The summed E-state index contributed by atoms with van der Waals surface area (Å²) in [7, 11) is 0. The molecule has 2 rings (SSSR count). The van der Waals surface area contributed by atoms with Gasteiger partial charge in [-0.05, 0) is 122 Å². The highest BCUT2D eigenvalue weighted by Crippen LogP contribution is 2.27. The highest BCUT2D eigenvalue weighted by molar-refractivity contribution is 5.79. The van der Waals surface area contributed by atoms with Gasteiger partial charge in [0.1, 0.15) is 34.5 Å². The van der Waals surface area contributed by atoms with Crippen molar-refractivity contribution in [2.75, 3.05) is 19.6 Å². The fraction of sp³-hybridized carbons (Fsp3) is 0.806. The van der Waals surface area contributed by atoms with E-state index in [1.54, 1.807) is 88.0 Å². The Morgan fingerprint density at radius 3 is 1.71 bits per heavy atom. The van der Waals surface area contributed by atoms with Crippen molar-refractivity contribution in [1.82, 2.24) is 31.0 Å². The number of piperidine rings is 1. The number of esters is 1. The Morgan fingerprint density at radius 1 is 0.692 bits per heavy atom. The summed E-state index contributed by atoms with van der Waals surface area (Å²) in [5.74, 6) is -0.995. The molecule has 1 aliphatic rings. The molecule has 0 unspecified atom stereocenters. The van der Waals surface area contributed by atoms with Gasteiger partial charge in [-0.1, -0.05) is 0 Å². The van der Waals surface area contributed by atoms with E-state index in [-0.39, 0.29) is 30.5 Å². The van der Waals surface area contributed by atoms with E-state index in [2.05, 4.69) is 26.1 Å². The molecule has 16 nitrogen and oxygen atoms in total. The van der Waals surface area contributed by atoms with E-state index in [0.717, 1.165) is 0 Å². The van der Waals surface area contributed by atoms with Crippen LogP contribution in [-0.2, 0) is 28.5 Å². The molecule has 2 heterocycles. The minimum atomic E-state index is -0.842. The molecule has 4 amide bonds. The van der Waals surface area contributed by atoms with Crippen LogP contribution in [0.5, 0.6) is 0 Å². The number of hydrogen-bond acceptors (Lipinski definition) is 12. The van der Waals surface area contributed by atoms with Gasteiger partial charge in [0.25, 0.3) is 0 Å². The number of carbonyl (C=O) groups is 5. The van der Waals surface area contributed by atoms with Crippen molar-refractivity contribution >= 4 is 30.2 Å². The number of amides is 4. The van der Waals surface area contributed by atoms with Crippen molar-refractivity contribution in [2.45, 2.75) is 163 Å². The maximum Gasteiger partial charge on any atom is 0.410 e. The molecule has 1 aromatic rings. The summed E-state index contributed by atoms with van der Waals surface area (Å²) >= 11 is 0. The second-order valence-corrected chi connectivity index (χ2v) is 17.0. The molecule has 52 heavy (non-hydrogen) atoms. The molecule has 0 radical (unpaired) electrons. The third-order valence-corrected chi connectivity index (χ3v) is 7.22. The van der Waals surface area contributed by atoms with Gasteiger partial charge in [0.2, 0.25) is 17.7 Å². The van der Waals surface area contributed by atoms with Gasteiger partial charge in [-0.2, -0.15) is 0 Å². The van der Waals surface area contributed by atoms with Crippen LogP contribution in [0.15, 0.2) is 4.42 Å². The molecule has 3 N–H and O–H groups in total. The molecule has 0 spiro atoms. The summed E-state index contributed by atoms with van der Waals surface area (Å²) < 4.78 is 27.8. The van der Waals surface area contributed by atoms with Gasteiger partial charge in [-0.3, -0.25) is 9.59 Å². The van der Waals surface area contributed by atoms with Crippen LogP contribution in [0.25, 0.3) is 0 Å². The fourth-order valence-electron chi connectivity index (χ4n) is 5.07. The van der Waals surface area contributed by atoms with Crippen molar-refractivity contribution in [1.29, 1.82) is 0 Å². The number of nitrogens with one attached hydrogen (secondary N) is 3. The topological polar surface area (TPSA) is 201 Å². The lowest BCUT2D eigenvalue weighted by Crippen LogP contribution is -2.45. The lowest BCUT2D eigenvalue weighted by atomic mass is 9.95. The minimum Gasteiger partial charge on any atom is -0.460 e. The first-order valence-electron chi connectivity index (χ1n) is 18.1. The second-order valence-electron chi connectivity index (χ2n) is 17.0. The zero-order valence-corrected chi connectivity index (χ0v) is 33.2. The molecule has 0 bridgehead atoms. The summed E-state index contributed by atoms with van der Waals surface area (Å²) in [6.07, 6.45) is 0.759. The molecule has 1 aliphatic heterocycles. The van der Waals surface area contributed by atoms with Crippen LogP contribution in [0.2, 0.25) is 0 Å². The molecule has 0 saturated carbocycles. The summed E-state index contributed by atoms with van der Waals surface area (Å²) in [5.41, 5.74) is -2.70. The molecule has 0 aromatic carbocycles. The summed E-state index contributed by atoms with van der Waals surface area (Å²) in [5, 5.41) is 16.9. The van der Waals surface area contributed by atoms with Gasteiger partial charge >= 0.3 is 24.2 Å². The molecule has 1 fully saturated rings. The Morgan fingerprint density at radius 2 is 1.19 bits per heavy atom. The Kier molecular flexibility index (Phi) is 15.7. The van der Waals surface area contributed by atoms with Crippen LogP contribution >= 0.6 is 0 Å². The zero-order valence-electron chi connectivity index (χ0n) is 33.2. The normalized spacial score (nSPS) is 15.6. The van der Waals surface area contributed by atoms with Crippen LogP contribution in [0.1, 0.15) is 152 Å². The smallest absolute Gasteiger partial charge is 0.410 e. The van der Waals surface area contributed by atoms with Gasteiger partial charge in [0.15, 0.2) is 0 Å². The van der Waals surface area contributed by atoms with E-state index >= 15 is 0 Å². The van der Waals surface area contributed by atoms with Crippen LogP contribution in [0.4, 0.5) is 14.4 Å². The van der Waals surface area contributed by atoms with E-state index in [9.17, 15) is 24.0 Å². The monoisotopic (exact) mass is 738 g/mol. The van der Waals surface area contributed by atoms with Gasteiger partial charge in [-0.25, -0.2) is 14.4 Å². The van der Waals surface area contributed by atoms with Gasteiger partial charge in [0.05, 0.1) is 0 Å². The number of hydrogen-bond donors (Lipinski definition) is 3. The third kappa shape index (κ3) is 17.9. The molecule has 296 valence electrons. The first kappa shape index (κ1) is 44.1. The van der Waals surface area contributed by atoms with Crippen molar-refractivity contribution in [2.24, 2.45) is 5.92 Å². The minimum absolute atomic E-state index is 0.0404. The third-order valence-electron chi connectivity index (χ3n) is 7.22. The van der Waals surface area contributed by atoms with E-state index < -0.39 is 64.7 Å². The standard InChI is InChI=1S/C36H62N6O10/c1-33(2,3)49-26(43)17-16-25(38-27(44)23-18-21-42(22-19-23)32(47)52-36(10,11)12)29-41-40-28(48-29)24(39-31(46)51-35(7,8)9)15-13-14-20-37-30(45)50-34(4,5)6/h23-25H,13-22H2,1-12H3,(H,37,45)(H,38,44)(H,39,46)/t24-,25-/m0/s1. The molecule has 16 heteroatoms. The van der Waals surface area contributed by atoms with Crippen molar-refractivity contribution in [3.05, 3.63) is 11.8 Å². The van der Waals surface area contributed by atoms with E-state index in [1.807, 2.05) is 0 Å². The summed E-state index contributed by atoms with van der Waals surface area (Å²) in [4.78, 5) is 65.2. The average molecular weight is 739 g/mol. The molecular weight excluding hydrogens is 676 g/mol. The van der Waals surface area contributed by atoms with E-state index in [1.165, 1.54) is 0 Å². The number of ether oxygens (including phenoxy) is 4. The highest BCUT2D eigenvalue weighted by atomic mass is 16.6. The lowest BCUT2D eigenvalue weighted by Gasteiger charge is -2.33. The SMILES string of the molecule is CC(C)(C)OC(=O)CC[C@H](NC(=O)C1CCN(C(=O)OC(C)(C)C)CC1)c1nnc([C@H](CCCCNC(=O)OC(C)(C)C)NC(=O)OC(C)(C)C)o1. The Hall–Kier alpha value is -4.11. The molecule has 1 aromatic heterocycles. The van der Waals surface area contributed by atoms with E-state index in [0.29, 0.717) is 51.7 Å². The first-order valence-corrected chi connectivity index (χ1v) is 18.1. The predicted molar refractivity (Wildman–Crippen MR) is 191 cm³/mol. The van der Waals surface area contributed by atoms with Crippen molar-refractivity contribution < 1.29 is 47.3 Å². The molecule has 0 aliphatic carbocycles. The number of aromatic nitrogens is 2. The Labute approximate surface area is 308 Å². The molecule has 1 saturated heterocycles. The highest BCUT2D eigenvalue weighted by Gasteiger charge is 2.33. The Bertz CT molecular complexity index is 1340. The summed E-state index contributed by atoms with van der Waals surface area (Å²) in [6, 6.07) is -1.60. The Balaban J connectivity index is 2.21. The van der Waals surface area contributed by atoms with Crippen LogP contribution in [0.3, 0.4) is 0 Å². The average Bonchev–Trinajstić information content (AvgIpc) is 3.45. The van der Waals surface area contributed by atoms with Gasteiger partial charge in [-0.15, -0.1) is 10.2 Å². The van der Waals surface area contributed by atoms with Crippen molar-refractivity contribution in [3.63, 3.8) is 0 Å². The van der Waals surface area contributed by atoms with E-state index in [4.69, 9.17) is 23.4 Å². The lowest BCUT2D eigenvalue weighted by molar-refractivity contribution is -0.155. The predicted octanol–water partition coefficient (Wildman–Crippen LogP) is 6.26. The van der Waals surface area contributed by atoms with Gasteiger partial charge < -0.3 is 44.2 Å². The number of carbonyl (C=O) groups excluding carboxylic acids is 5. The number of likely N-dealkylation sites (tertiary alicyclic amines) is 1. The number of rotatable bonds is 13. The molecule has 2 atom stereocenters.